The molecule has 0 aliphatic heterocycles. The molecule has 1 saturated carbocycles. The average Bonchev–Trinajstić information content (AvgIpc) is 2.73. The van der Waals surface area contributed by atoms with Gasteiger partial charge >= 0.3 is 0 Å². The standard InChI is InChI=1S/C13H20INO2/c1-10-3-2-6-13(7-10,9-16)15-8-11-4-5-12(14)17-11/h4-5,10,15-16H,2-3,6-9H2,1H3. The quantitative estimate of drug-likeness (QED) is 0.822. The van der Waals surface area contributed by atoms with Crippen LogP contribution in [0.2, 0.25) is 0 Å². The molecule has 96 valence electrons. The molecule has 2 rings (SSSR count). The van der Waals surface area contributed by atoms with Crippen molar-refractivity contribution in [3.05, 3.63) is 21.7 Å². The maximum absolute atomic E-state index is 9.65. The molecular weight excluding hydrogens is 329 g/mol. The lowest BCUT2D eigenvalue weighted by atomic mass is 9.77. The van der Waals surface area contributed by atoms with Crippen molar-refractivity contribution in [3.63, 3.8) is 0 Å². The van der Waals surface area contributed by atoms with E-state index in [2.05, 4.69) is 34.8 Å². The van der Waals surface area contributed by atoms with Gasteiger partial charge < -0.3 is 14.8 Å². The van der Waals surface area contributed by atoms with Gasteiger partial charge in [-0.25, -0.2) is 0 Å². The molecule has 0 bridgehead atoms. The molecular formula is C13H20INO2. The maximum Gasteiger partial charge on any atom is 0.164 e. The van der Waals surface area contributed by atoms with Crippen molar-refractivity contribution in [2.45, 2.75) is 44.7 Å². The summed E-state index contributed by atoms with van der Waals surface area (Å²) < 4.78 is 6.44. The van der Waals surface area contributed by atoms with Gasteiger partial charge in [-0.15, -0.1) is 0 Å². The van der Waals surface area contributed by atoms with Gasteiger partial charge in [0.1, 0.15) is 5.76 Å². The third kappa shape index (κ3) is 3.45. The number of nitrogens with one attached hydrogen (secondary N) is 1. The predicted octanol–water partition coefficient (Wildman–Crippen LogP) is 2.92. The maximum atomic E-state index is 9.65. The van der Waals surface area contributed by atoms with E-state index in [1.807, 2.05) is 12.1 Å². The lowest BCUT2D eigenvalue weighted by Crippen LogP contribution is -2.51. The molecule has 2 atom stereocenters. The van der Waals surface area contributed by atoms with E-state index in [1.54, 1.807) is 0 Å². The molecule has 1 aromatic rings. The highest BCUT2D eigenvalue weighted by molar-refractivity contribution is 14.1. The van der Waals surface area contributed by atoms with E-state index >= 15 is 0 Å². The number of aliphatic hydroxyl groups excluding tert-OH is 1. The molecule has 2 N–H and O–H groups in total. The van der Waals surface area contributed by atoms with Gasteiger partial charge in [0.05, 0.1) is 13.2 Å². The predicted molar refractivity (Wildman–Crippen MR) is 75.7 cm³/mol. The second-order valence-electron chi connectivity index (χ2n) is 5.20. The molecule has 0 aromatic carbocycles. The first kappa shape index (κ1) is 13.4. The van der Waals surface area contributed by atoms with Crippen LogP contribution in [-0.2, 0) is 6.54 Å². The van der Waals surface area contributed by atoms with E-state index in [9.17, 15) is 5.11 Å². The number of halogens is 1. The topological polar surface area (TPSA) is 45.4 Å². The Balaban J connectivity index is 1.94. The fourth-order valence-corrected chi connectivity index (χ4v) is 3.20. The normalized spacial score (nSPS) is 29.5. The first-order valence-corrected chi connectivity index (χ1v) is 7.31. The number of rotatable bonds is 4. The highest BCUT2D eigenvalue weighted by Gasteiger charge is 2.33. The first-order chi connectivity index (χ1) is 8.13. The summed E-state index contributed by atoms with van der Waals surface area (Å²) in [5.74, 6) is 1.64. The van der Waals surface area contributed by atoms with Gasteiger partial charge in [0.2, 0.25) is 0 Å². The van der Waals surface area contributed by atoms with E-state index < -0.39 is 0 Å². The Kier molecular flexibility index (Phi) is 4.49. The highest BCUT2D eigenvalue weighted by atomic mass is 127. The summed E-state index contributed by atoms with van der Waals surface area (Å²) in [5.41, 5.74) is -0.101. The van der Waals surface area contributed by atoms with Crippen molar-refractivity contribution in [1.82, 2.24) is 5.32 Å². The van der Waals surface area contributed by atoms with Crippen LogP contribution in [0.1, 0.15) is 38.4 Å². The SMILES string of the molecule is CC1CCCC(CO)(NCc2ccc(I)o2)C1. The Labute approximate surface area is 116 Å². The summed E-state index contributed by atoms with van der Waals surface area (Å²) in [6.45, 7) is 3.19. The van der Waals surface area contributed by atoms with Gasteiger partial charge in [-0.3, -0.25) is 0 Å². The average molecular weight is 349 g/mol. The van der Waals surface area contributed by atoms with Crippen LogP contribution in [0.15, 0.2) is 16.5 Å². The molecule has 17 heavy (non-hydrogen) atoms. The fourth-order valence-electron chi connectivity index (χ4n) is 2.74. The van der Waals surface area contributed by atoms with Crippen LogP contribution in [0.5, 0.6) is 0 Å². The van der Waals surface area contributed by atoms with Crippen LogP contribution < -0.4 is 5.32 Å². The summed E-state index contributed by atoms with van der Waals surface area (Å²) in [4.78, 5) is 0. The van der Waals surface area contributed by atoms with Crippen molar-refractivity contribution >= 4 is 22.6 Å². The van der Waals surface area contributed by atoms with Gasteiger partial charge in [0.25, 0.3) is 0 Å². The van der Waals surface area contributed by atoms with Crippen molar-refractivity contribution < 1.29 is 9.52 Å². The van der Waals surface area contributed by atoms with Crippen LogP contribution in [0, 0.1) is 9.68 Å². The van der Waals surface area contributed by atoms with Crippen LogP contribution in [0.4, 0.5) is 0 Å². The van der Waals surface area contributed by atoms with Crippen LogP contribution >= 0.6 is 22.6 Å². The van der Waals surface area contributed by atoms with Gasteiger partial charge in [-0.05, 0) is 53.5 Å². The van der Waals surface area contributed by atoms with Crippen LogP contribution in [0.25, 0.3) is 0 Å². The van der Waals surface area contributed by atoms with Crippen molar-refractivity contribution in [1.29, 1.82) is 0 Å². The molecule has 1 aliphatic rings. The van der Waals surface area contributed by atoms with Gasteiger partial charge in [-0.1, -0.05) is 19.8 Å². The van der Waals surface area contributed by atoms with Gasteiger partial charge in [-0.2, -0.15) is 0 Å². The second-order valence-corrected chi connectivity index (χ2v) is 6.26. The Hall–Kier alpha value is -0.0700. The van der Waals surface area contributed by atoms with E-state index in [0.717, 1.165) is 22.4 Å². The molecule has 0 spiro atoms. The summed E-state index contributed by atoms with van der Waals surface area (Å²) in [7, 11) is 0. The van der Waals surface area contributed by atoms with Gasteiger partial charge in [0.15, 0.2) is 3.77 Å². The molecule has 1 aliphatic carbocycles. The molecule has 1 heterocycles. The molecule has 2 unspecified atom stereocenters. The molecule has 3 nitrogen and oxygen atoms in total. The minimum Gasteiger partial charge on any atom is -0.454 e. The molecule has 4 heteroatoms. The Morgan fingerprint density at radius 2 is 2.41 bits per heavy atom. The molecule has 1 aromatic heterocycles. The van der Waals surface area contributed by atoms with Crippen molar-refractivity contribution in [3.8, 4) is 0 Å². The second kappa shape index (κ2) is 5.71. The van der Waals surface area contributed by atoms with Crippen molar-refractivity contribution in [2.75, 3.05) is 6.61 Å². The fraction of sp³-hybridized carbons (Fsp3) is 0.692. The molecule has 0 saturated heterocycles. The van der Waals surface area contributed by atoms with E-state index in [1.165, 1.54) is 12.8 Å². The first-order valence-electron chi connectivity index (χ1n) is 6.24. The Morgan fingerprint density at radius 1 is 1.59 bits per heavy atom. The zero-order valence-corrected chi connectivity index (χ0v) is 12.4. The van der Waals surface area contributed by atoms with E-state index in [-0.39, 0.29) is 12.1 Å². The third-order valence-corrected chi connectivity index (χ3v) is 4.24. The summed E-state index contributed by atoms with van der Waals surface area (Å²) >= 11 is 2.17. The smallest absolute Gasteiger partial charge is 0.164 e. The minimum atomic E-state index is -0.101. The molecule has 0 radical (unpaired) electrons. The summed E-state index contributed by atoms with van der Waals surface area (Å²) in [5, 5.41) is 13.1. The van der Waals surface area contributed by atoms with E-state index in [0.29, 0.717) is 12.5 Å². The number of hydrogen-bond donors (Lipinski definition) is 2. The highest BCUT2D eigenvalue weighted by Crippen LogP contribution is 2.32. The zero-order valence-electron chi connectivity index (χ0n) is 10.2. The van der Waals surface area contributed by atoms with Gasteiger partial charge in [0, 0.05) is 5.54 Å². The zero-order chi connectivity index (χ0) is 12.3. The summed E-state index contributed by atoms with van der Waals surface area (Å²) in [6.07, 6.45) is 4.60. The van der Waals surface area contributed by atoms with Crippen LogP contribution in [0.3, 0.4) is 0 Å². The number of hydrogen-bond acceptors (Lipinski definition) is 3. The molecule has 0 amide bonds. The number of aliphatic hydroxyl groups is 1. The number of furan rings is 1. The Morgan fingerprint density at radius 3 is 3.00 bits per heavy atom. The van der Waals surface area contributed by atoms with Crippen molar-refractivity contribution in [2.24, 2.45) is 5.92 Å². The third-order valence-electron chi connectivity index (χ3n) is 3.66. The minimum absolute atomic E-state index is 0.101. The lowest BCUT2D eigenvalue weighted by molar-refractivity contribution is 0.0963. The Bertz CT molecular complexity index is 366. The lowest BCUT2D eigenvalue weighted by Gasteiger charge is -2.39. The largest absolute Gasteiger partial charge is 0.454 e. The monoisotopic (exact) mass is 349 g/mol. The summed E-state index contributed by atoms with van der Waals surface area (Å²) in [6, 6.07) is 3.96. The van der Waals surface area contributed by atoms with Crippen LogP contribution in [-0.4, -0.2) is 17.3 Å². The van der Waals surface area contributed by atoms with E-state index in [4.69, 9.17) is 4.42 Å². The molecule has 1 fully saturated rings.